The summed E-state index contributed by atoms with van der Waals surface area (Å²) in [6.07, 6.45) is 5.37. The molecule has 1 fully saturated rings. The number of halogens is 1. The number of hydrogen-bond acceptors (Lipinski definition) is 5. The molecule has 2 heterocycles. The lowest BCUT2D eigenvalue weighted by molar-refractivity contribution is -0.120. The van der Waals surface area contributed by atoms with Crippen LogP contribution in [0.5, 0.6) is 5.75 Å². The van der Waals surface area contributed by atoms with Crippen molar-refractivity contribution in [3.8, 4) is 16.9 Å². The van der Waals surface area contributed by atoms with E-state index in [2.05, 4.69) is 20.2 Å². The normalized spacial score (nSPS) is 16.2. The monoisotopic (exact) mass is 422 g/mol. The SMILES string of the molecule is COc1ccc(Cl)cc1NC(=O)[C@@H]1CCCN(c2ncc(-c3ccccc3)cn2)C1. The second-order valence-electron chi connectivity index (χ2n) is 7.26. The van der Waals surface area contributed by atoms with Crippen LogP contribution >= 0.6 is 11.6 Å². The Balaban J connectivity index is 1.44. The topological polar surface area (TPSA) is 67.3 Å². The Morgan fingerprint density at radius 3 is 2.63 bits per heavy atom. The van der Waals surface area contributed by atoms with Crippen molar-refractivity contribution < 1.29 is 9.53 Å². The van der Waals surface area contributed by atoms with E-state index in [9.17, 15) is 4.79 Å². The molecule has 0 bridgehead atoms. The fraction of sp³-hybridized carbons (Fsp3) is 0.261. The number of hydrogen-bond donors (Lipinski definition) is 1. The highest BCUT2D eigenvalue weighted by molar-refractivity contribution is 6.31. The molecule has 1 aliphatic heterocycles. The molecular formula is C23H23ClN4O2. The van der Waals surface area contributed by atoms with Crippen LogP contribution in [0.25, 0.3) is 11.1 Å². The van der Waals surface area contributed by atoms with Gasteiger partial charge in [-0.05, 0) is 36.6 Å². The average molecular weight is 423 g/mol. The highest BCUT2D eigenvalue weighted by Gasteiger charge is 2.27. The van der Waals surface area contributed by atoms with Crippen LogP contribution in [0.3, 0.4) is 0 Å². The molecule has 0 radical (unpaired) electrons. The second-order valence-corrected chi connectivity index (χ2v) is 7.69. The second kappa shape index (κ2) is 9.13. The van der Waals surface area contributed by atoms with Crippen LogP contribution in [-0.2, 0) is 4.79 Å². The third-order valence-electron chi connectivity index (χ3n) is 5.24. The largest absolute Gasteiger partial charge is 0.495 e. The maximum absolute atomic E-state index is 12.9. The first-order chi connectivity index (χ1) is 14.6. The number of benzene rings is 2. The van der Waals surface area contributed by atoms with Crippen LogP contribution in [0.2, 0.25) is 5.02 Å². The Kier molecular flexibility index (Phi) is 6.14. The van der Waals surface area contributed by atoms with Gasteiger partial charge < -0.3 is 15.0 Å². The summed E-state index contributed by atoms with van der Waals surface area (Å²) in [5.41, 5.74) is 2.63. The molecule has 0 aliphatic carbocycles. The van der Waals surface area contributed by atoms with Crippen LogP contribution in [0.1, 0.15) is 12.8 Å². The number of aromatic nitrogens is 2. The summed E-state index contributed by atoms with van der Waals surface area (Å²) in [6, 6.07) is 15.2. The van der Waals surface area contributed by atoms with E-state index in [1.165, 1.54) is 0 Å². The van der Waals surface area contributed by atoms with E-state index in [1.54, 1.807) is 25.3 Å². The molecule has 4 rings (SSSR count). The standard InChI is InChI=1S/C23H23ClN4O2/c1-30-21-10-9-19(24)12-20(21)27-22(29)17-8-5-11-28(15-17)23-25-13-18(14-26-23)16-6-3-2-4-7-16/h2-4,6-7,9-10,12-14,17H,5,8,11,15H2,1H3,(H,27,29)/t17-/m1/s1. The predicted molar refractivity (Wildman–Crippen MR) is 119 cm³/mol. The molecule has 0 saturated carbocycles. The van der Waals surface area contributed by atoms with E-state index in [4.69, 9.17) is 16.3 Å². The van der Waals surface area contributed by atoms with E-state index in [0.29, 0.717) is 29.0 Å². The first-order valence-electron chi connectivity index (χ1n) is 9.91. The van der Waals surface area contributed by atoms with Crippen molar-refractivity contribution >= 4 is 29.1 Å². The Morgan fingerprint density at radius 2 is 1.90 bits per heavy atom. The molecule has 1 saturated heterocycles. The zero-order chi connectivity index (χ0) is 20.9. The highest BCUT2D eigenvalue weighted by Crippen LogP contribution is 2.29. The number of piperidine rings is 1. The van der Waals surface area contributed by atoms with E-state index >= 15 is 0 Å². The van der Waals surface area contributed by atoms with Gasteiger partial charge in [0.15, 0.2) is 0 Å². The van der Waals surface area contributed by atoms with E-state index in [1.807, 2.05) is 42.7 Å². The summed E-state index contributed by atoms with van der Waals surface area (Å²) in [6.45, 7) is 1.40. The lowest BCUT2D eigenvalue weighted by Crippen LogP contribution is -2.41. The van der Waals surface area contributed by atoms with Crippen molar-refractivity contribution in [2.75, 3.05) is 30.4 Å². The van der Waals surface area contributed by atoms with Crippen molar-refractivity contribution in [3.05, 3.63) is 65.9 Å². The van der Waals surface area contributed by atoms with Gasteiger partial charge in [-0.1, -0.05) is 41.9 Å². The number of nitrogens with one attached hydrogen (secondary N) is 1. The first kappa shape index (κ1) is 20.2. The zero-order valence-electron chi connectivity index (χ0n) is 16.7. The quantitative estimate of drug-likeness (QED) is 0.647. The molecule has 1 aromatic heterocycles. The van der Waals surface area contributed by atoms with Gasteiger partial charge in [0.2, 0.25) is 11.9 Å². The molecule has 0 spiro atoms. The number of ether oxygens (including phenoxy) is 1. The third-order valence-corrected chi connectivity index (χ3v) is 5.47. The Hall–Kier alpha value is -3.12. The van der Waals surface area contributed by atoms with Crippen LogP contribution in [0, 0.1) is 5.92 Å². The summed E-state index contributed by atoms with van der Waals surface area (Å²) in [7, 11) is 1.57. The number of methoxy groups -OCH3 is 1. The summed E-state index contributed by atoms with van der Waals surface area (Å²) in [5, 5.41) is 3.50. The van der Waals surface area contributed by atoms with Gasteiger partial charge in [-0.2, -0.15) is 0 Å². The molecule has 1 aliphatic rings. The van der Waals surface area contributed by atoms with Gasteiger partial charge in [-0.25, -0.2) is 9.97 Å². The van der Waals surface area contributed by atoms with Gasteiger partial charge >= 0.3 is 0 Å². The minimum Gasteiger partial charge on any atom is -0.495 e. The number of amides is 1. The molecule has 2 aromatic carbocycles. The van der Waals surface area contributed by atoms with Crippen molar-refractivity contribution in [1.29, 1.82) is 0 Å². The summed E-state index contributed by atoms with van der Waals surface area (Å²) < 4.78 is 5.32. The predicted octanol–water partition coefficient (Wildman–Crippen LogP) is 4.66. The van der Waals surface area contributed by atoms with Gasteiger partial charge in [-0.3, -0.25) is 4.79 Å². The fourth-order valence-corrected chi connectivity index (χ4v) is 3.82. The van der Waals surface area contributed by atoms with Crippen LogP contribution in [0.15, 0.2) is 60.9 Å². The van der Waals surface area contributed by atoms with Crippen LogP contribution in [-0.4, -0.2) is 36.1 Å². The molecule has 154 valence electrons. The molecule has 6 nitrogen and oxygen atoms in total. The average Bonchev–Trinajstić information content (AvgIpc) is 2.80. The van der Waals surface area contributed by atoms with E-state index < -0.39 is 0 Å². The lowest BCUT2D eigenvalue weighted by atomic mass is 9.97. The molecule has 3 aromatic rings. The van der Waals surface area contributed by atoms with Crippen molar-refractivity contribution in [1.82, 2.24) is 9.97 Å². The highest BCUT2D eigenvalue weighted by atomic mass is 35.5. The van der Waals surface area contributed by atoms with Crippen LogP contribution < -0.4 is 15.0 Å². The summed E-state index contributed by atoms with van der Waals surface area (Å²) >= 11 is 6.07. The van der Waals surface area contributed by atoms with Gasteiger partial charge in [0, 0.05) is 36.1 Å². The molecule has 1 N–H and O–H groups in total. The third kappa shape index (κ3) is 4.54. The van der Waals surface area contributed by atoms with Gasteiger partial charge in [0.25, 0.3) is 0 Å². The summed E-state index contributed by atoms with van der Waals surface area (Å²) in [4.78, 5) is 24.0. The Bertz CT molecular complexity index is 1010. The van der Waals surface area contributed by atoms with Crippen LogP contribution in [0.4, 0.5) is 11.6 Å². The number of carbonyl (C=O) groups is 1. The van der Waals surface area contributed by atoms with Gasteiger partial charge in [0.1, 0.15) is 5.75 Å². The zero-order valence-corrected chi connectivity index (χ0v) is 17.5. The number of anilines is 2. The fourth-order valence-electron chi connectivity index (χ4n) is 3.65. The van der Waals surface area contributed by atoms with Gasteiger partial charge in [0.05, 0.1) is 18.7 Å². The molecule has 1 amide bonds. The van der Waals surface area contributed by atoms with Crippen molar-refractivity contribution in [2.45, 2.75) is 12.8 Å². The van der Waals surface area contributed by atoms with Crippen molar-refractivity contribution in [2.24, 2.45) is 5.92 Å². The Morgan fingerprint density at radius 1 is 1.13 bits per heavy atom. The van der Waals surface area contributed by atoms with Gasteiger partial charge in [-0.15, -0.1) is 0 Å². The molecule has 30 heavy (non-hydrogen) atoms. The summed E-state index contributed by atoms with van der Waals surface area (Å²) in [5.74, 6) is 1.01. The number of nitrogens with zero attached hydrogens (tertiary/aromatic N) is 3. The number of rotatable bonds is 5. The Labute approximate surface area is 180 Å². The molecule has 7 heteroatoms. The smallest absolute Gasteiger partial charge is 0.229 e. The maximum Gasteiger partial charge on any atom is 0.229 e. The van der Waals surface area contributed by atoms with Crippen molar-refractivity contribution in [3.63, 3.8) is 0 Å². The minimum atomic E-state index is -0.167. The lowest BCUT2D eigenvalue weighted by Gasteiger charge is -2.32. The molecular weight excluding hydrogens is 400 g/mol. The first-order valence-corrected chi connectivity index (χ1v) is 10.3. The minimum absolute atomic E-state index is 0.0545. The maximum atomic E-state index is 12.9. The number of carbonyl (C=O) groups excluding carboxylic acids is 1. The van der Waals surface area contributed by atoms with E-state index in [-0.39, 0.29) is 11.8 Å². The molecule has 1 atom stereocenters. The van der Waals surface area contributed by atoms with E-state index in [0.717, 1.165) is 30.5 Å². The molecule has 0 unspecified atom stereocenters.